The van der Waals surface area contributed by atoms with E-state index in [-0.39, 0.29) is 43.5 Å². The molecule has 0 aliphatic heterocycles. The van der Waals surface area contributed by atoms with Crippen molar-refractivity contribution in [3.8, 4) is 23.0 Å². The molecule has 9 rings (SSSR count). The van der Waals surface area contributed by atoms with Crippen molar-refractivity contribution in [2.45, 2.75) is 0 Å². The Morgan fingerprint density at radius 3 is 1.29 bits per heavy atom. The Hall–Kier alpha value is -3.52. The van der Waals surface area contributed by atoms with Gasteiger partial charge in [-0.2, -0.15) is 0 Å². The van der Waals surface area contributed by atoms with Crippen molar-refractivity contribution in [1.82, 2.24) is 0 Å². The minimum absolute atomic E-state index is 0.251. The van der Waals surface area contributed by atoms with Gasteiger partial charge in [0.1, 0.15) is 0 Å². The van der Waals surface area contributed by atoms with E-state index in [1.165, 1.54) is 57.9 Å². The van der Waals surface area contributed by atoms with Crippen LogP contribution in [0.1, 0.15) is 0 Å². The number of benzene rings is 6. The fourth-order valence-corrected chi connectivity index (χ4v) is 12.8. The maximum atomic E-state index is 6.59. The van der Waals surface area contributed by atoms with Gasteiger partial charge in [0.15, 0.2) is 0 Å². The topological polar surface area (TPSA) is 18.5 Å². The van der Waals surface area contributed by atoms with E-state index in [4.69, 9.17) is 9.47 Å². The van der Waals surface area contributed by atoms with Crippen molar-refractivity contribution < 1.29 is 9.47 Å². The summed E-state index contributed by atoms with van der Waals surface area (Å²) in [5.74, 6) is 3.72. The quantitative estimate of drug-likeness (QED) is 0.169. The summed E-state index contributed by atoms with van der Waals surface area (Å²) in [6.45, 7) is 0. The molecule has 0 saturated carbocycles. The van der Waals surface area contributed by atoms with Crippen molar-refractivity contribution in [2.75, 3.05) is 0 Å². The van der Waals surface area contributed by atoms with E-state index in [1.807, 2.05) is 0 Å². The fraction of sp³-hybridized carbons (Fsp3) is 0. The Bertz CT molecular complexity index is 2270. The molecule has 194 valence electrons. The van der Waals surface area contributed by atoms with Gasteiger partial charge in [-0.25, -0.2) is 0 Å². The van der Waals surface area contributed by atoms with Gasteiger partial charge in [-0.15, -0.1) is 0 Å². The Kier molecular flexibility index (Phi) is 5.59. The summed E-state index contributed by atoms with van der Waals surface area (Å²) in [7, 11) is 0. The molecule has 41 heavy (non-hydrogen) atoms. The van der Waals surface area contributed by atoms with Crippen LogP contribution in [0.2, 0.25) is 0 Å². The van der Waals surface area contributed by atoms with Gasteiger partial charge in [-0.1, -0.05) is 0 Å². The molecule has 0 radical (unpaired) electrons. The maximum absolute atomic E-state index is 6.59. The molecule has 0 unspecified atom stereocenters. The molecule has 9 aromatic rings. The monoisotopic (exact) mass is 724 g/mol. The van der Waals surface area contributed by atoms with E-state index in [2.05, 4.69) is 121 Å². The SMILES string of the molecule is c1ccc2c(c1)[se]c1c(Oc3ccc4[se]c5ccc(Oc6cccc7c6[se]c6ccccc67)cc5c4c3)cccc12. The van der Waals surface area contributed by atoms with Crippen LogP contribution in [0.3, 0.4) is 0 Å². The third-order valence-electron chi connectivity index (χ3n) is 7.60. The van der Waals surface area contributed by atoms with Crippen LogP contribution in [0.4, 0.5) is 0 Å². The molecule has 3 aromatic heterocycles. The molecule has 0 N–H and O–H groups in total. The van der Waals surface area contributed by atoms with Gasteiger partial charge < -0.3 is 0 Å². The summed E-state index contributed by atoms with van der Waals surface area (Å²) >= 11 is 0.780. The first kappa shape index (κ1) is 24.1. The van der Waals surface area contributed by atoms with E-state index >= 15 is 0 Å². The predicted octanol–water partition coefficient (Wildman–Crippen LogP) is 9.36. The van der Waals surface area contributed by atoms with Gasteiger partial charge in [-0.3, -0.25) is 0 Å². The van der Waals surface area contributed by atoms with Gasteiger partial charge in [-0.05, 0) is 0 Å². The summed E-state index contributed by atoms with van der Waals surface area (Å²) in [6, 6.07) is 43.6. The van der Waals surface area contributed by atoms with Gasteiger partial charge in [0.2, 0.25) is 0 Å². The van der Waals surface area contributed by atoms with Crippen LogP contribution in [0.25, 0.3) is 57.9 Å². The predicted molar refractivity (Wildman–Crippen MR) is 175 cm³/mol. The first-order valence-electron chi connectivity index (χ1n) is 13.4. The molecule has 0 atom stereocenters. The first-order chi connectivity index (χ1) is 20.3. The molecular formula is C36H20O2Se3. The number of hydrogen-bond donors (Lipinski definition) is 0. The summed E-state index contributed by atoms with van der Waals surface area (Å²) in [5, 5.41) is 7.84. The van der Waals surface area contributed by atoms with Crippen molar-refractivity contribution in [2.24, 2.45) is 0 Å². The van der Waals surface area contributed by atoms with E-state index in [0.29, 0.717) is 0 Å². The molecule has 0 aliphatic rings. The number of rotatable bonds is 4. The van der Waals surface area contributed by atoms with Crippen molar-refractivity contribution in [3.63, 3.8) is 0 Å². The molecule has 0 fully saturated rings. The Morgan fingerprint density at radius 2 is 0.780 bits per heavy atom. The van der Waals surface area contributed by atoms with Crippen LogP contribution in [-0.4, -0.2) is 43.5 Å². The minimum atomic E-state index is 0.251. The molecule has 0 amide bonds. The van der Waals surface area contributed by atoms with Crippen LogP contribution in [0.5, 0.6) is 23.0 Å². The number of ether oxygens (including phenoxy) is 2. The zero-order valence-electron chi connectivity index (χ0n) is 21.6. The van der Waals surface area contributed by atoms with Crippen LogP contribution >= 0.6 is 0 Å². The van der Waals surface area contributed by atoms with E-state index < -0.39 is 0 Å². The van der Waals surface area contributed by atoms with E-state index in [1.54, 1.807) is 0 Å². The normalized spacial score (nSPS) is 11.9. The van der Waals surface area contributed by atoms with Crippen LogP contribution in [0.15, 0.2) is 121 Å². The molecule has 2 nitrogen and oxygen atoms in total. The van der Waals surface area contributed by atoms with Crippen molar-refractivity contribution in [1.29, 1.82) is 0 Å². The van der Waals surface area contributed by atoms with Gasteiger partial charge in [0, 0.05) is 0 Å². The Morgan fingerprint density at radius 1 is 0.341 bits per heavy atom. The standard InChI is InChI=1S/C36H20O2Se3/c1-3-13-31-23(7-1)25-9-5-11-29(35(25)40-31)37-21-15-17-33-27(19-21)28-20-22(16-18-34(28)39-33)38-30-12-6-10-26-24-8-2-4-14-32(24)41-36(26)30/h1-20H. The molecule has 0 aliphatic carbocycles. The number of fused-ring (bicyclic) bond motifs is 9. The molecule has 0 spiro atoms. The van der Waals surface area contributed by atoms with Crippen molar-refractivity contribution in [3.05, 3.63) is 121 Å². The average molecular weight is 721 g/mol. The Labute approximate surface area is 253 Å². The summed E-state index contributed by atoms with van der Waals surface area (Å²) < 4.78 is 21.5. The second-order valence-corrected chi connectivity index (χ2v) is 16.8. The average Bonchev–Trinajstić information content (AvgIpc) is 3.69. The fourth-order valence-electron chi connectivity index (χ4n) is 5.72. The summed E-state index contributed by atoms with van der Waals surface area (Å²) in [6.07, 6.45) is 0. The zero-order valence-corrected chi connectivity index (χ0v) is 26.7. The summed E-state index contributed by atoms with van der Waals surface area (Å²) in [4.78, 5) is 0. The molecule has 0 bridgehead atoms. The molecule has 5 heteroatoms. The number of hydrogen-bond acceptors (Lipinski definition) is 2. The van der Waals surface area contributed by atoms with Crippen LogP contribution in [0, 0.1) is 0 Å². The first-order valence-corrected chi connectivity index (χ1v) is 18.5. The van der Waals surface area contributed by atoms with Crippen LogP contribution in [-0.2, 0) is 0 Å². The van der Waals surface area contributed by atoms with Crippen LogP contribution < -0.4 is 9.47 Å². The van der Waals surface area contributed by atoms with Gasteiger partial charge in [0.25, 0.3) is 0 Å². The van der Waals surface area contributed by atoms with Gasteiger partial charge in [0.05, 0.1) is 0 Å². The zero-order chi connectivity index (χ0) is 26.9. The second-order valence-electron chi connectivity index (χ2n) is 10.1. The third kappa shape index (κ3) is 3.97. The molecule has 6 aromatic carbocycles. The summed E-state index contributed by atoms with van der Waals surface area (Å²) in [5.41, 5.74) is 0. The Balaban J connectivity index is 1.11. The third-order valence-corrected chi connectivity index (χ3v) is 15.1. The molecule has 0 saturated heterocycles. The molecule has 3 heterocycles. The van der Waals surface area contributed by atoms with E-state index in [9.17, 15) is 0 Å². The van der Waals surface area contributed by atoms with E-state index in [0.717, 1.165) is 23.0 Å². The second kappa shape index (κ2) is 9.51. The molecular weight excluding hydrogens is 701 g/mol. The van der Waals surface area contributed by atoms with Crippen molar-refractivity contribution >= 4 is 101 Å². The van der Waals surface area contributed by atoms with Gasteiger partial charge >= 0.3 is 255 Å².